The minimum Gasteiger partial charge on any atom is -0.378 e. The number of nitrogens with one attached hydrogen (secondary N) is 1. The molecule has 1 aromatic heterocycles. The zero-order valence-corrected chi connectivity index (χ0v) is 11.2. The molecule has 1 aliphatic carbocycles. The van der Waals surface area contributed by atoms with Gasteiger partial charge in [0.25, 0.3) is 0 Å². The summed E-state index contributed by atoms with van der Waals surface area (Å²) in [6.07, 6.45) is 4.49. The highest BCUT2D eigenvalue weighted by molar-refractivity contribution is 7.80. The minimum absolute atomic E-state index is 0.0740. The highest BCUT2D eigenvalue weighted by atomic mass is 32.1. The monoisotopic (exact) mass is 249 g/mol. The Morgan fingerprint density at radius 2 is 2.29 bits per heavy atom. The second-order valence-corrected chi connectivity index (χ2v) is 5.25. The summed E-state index contributed by atoms with van der Waals surface area (Å²) in [5.41, 5.74) is 1.01. The van der Waals surface area contributed by atoms with Crippen molar-refractivity contribution < 1.29 is 0 Å². The van der Waals surface area contributed by atoms with Crippen LogP contribution < -0.4 is 5.32 Å². The molecule has 1 fully saturated rings. The summed E-state index contributed by atoms with van der Waals surface area (Å²) in [6, 6.07) is 6.03. The Balaban J connectivity index is 2.03. The lowest BCUT2D eigenvalue weighted by atomic mass is 10.1. The van der Waals surface area contributed by atoms with Gasteiger partial charge in [0.15, 0.2) is 0 Å². The molecule has 1 heterocycles. The van der Waals surface area contributed by atoms with Gasteiger partial charge >= 0.3 is 0 Å². The van der Waals surface area contributed by atoms with Gasteiger partial charge in [0.2, 0.25) is 0 Å². The van der Waals surface area contributed by atoms with Crippen molar-refractivity contribution in [1.29, 1.82) is 0 Å². The predicted octanol–water partition coefficient (Wildman–Crippen LogP) is 2.01. The third kappa shape index (κ3) is 3.48. The largest absolute Gasteiger partial charge is 0.378 e. The van der Waals surface area contributed by atoms with Crippen molar-refractivity contribution in [2.45, 2.75) is 18.9 Å². The van der Waals surface area contributed by atoms with E-state index in [0.29, 0.717) is 0 Å². The molecular weight excluding hydrogens is 230 g/mol. The molecule has 1 N–H and O–H groups in total. The molecule has 0 aliphatic heterocycles. The number of thiocarbonyl (C=S) groups is 1. The van der Waals surface area contributed by atoms with Crippen molar-refractivity contribution in [3.63, 3.8) is 0 Å². The first-order valence-electron chi connectivity index (χ1n) is 6.03. The molecule has 1 aliphatic rings. The van der Waals surface area contributed by atoms with Crippen molar-refractivity contribution in [2.24, 2.45) is 5.92 Å². The molecule has 1 atom stereocenters. The first kappa shape index (κ1) is 12.5. The summed E-state index contributed by atoms with van der Waals surface area (Å²) in [6.45, 7) is 1.01. The third-order valence-corrected chi connectivity index (χ3v) is 3.36. The highest BCUT2D eigenvalue weighted by Crippen LogP contribution is 2.28. The van der Waals surface area contributed by atoms with Crippen LogP contribution in [0.15, 0.2) is 24.4 Å². The normalized spacial score (nSPS) is 16.9. The molecule has 0 bridgehead atoms. The maximum Gasteiger partial charge on any atom is 0.103 e. The van der Waals surface area contributed by atoms with E-state index in [-0.39, 0.29) is 6.04 Å². The standard InChI is InChI=1S/C13H19N3S/c1-16(2)12(11-5-3-4-8-14-11)13(17)15-9-10-6-7-10/h3-5,8,10,12H,6-7,9H2,1-2H3,(H,15,17). The zero-order valence-electron chi connectivity index (χ0n) is 10.4. The highest BCUT2D eigenvalue weighted by Gasteiger charge is 2.24. The van der Waals surface area contributed by atoms with Crippen LogP contribution in [0.4, 0.5) is 0 Å². The molecule has 2 rings (SSSR count). The van der Waals surface area contributed by atoms with E-state index < -0.39 is 0 Å². The van der Waals surface area contributed by atoms with Crippen LogP contribution in [-0.4, -0.2) is 35.5 Å². The Morgan fingerprint density at radius 3 is 2.82 bits per heavy atom. The van der Waals surface area contributed by atoms with Crippen LogP contribution in [0.5, 0.6) is 0 Å². The maximum atomic E-state index is 5.49. The third-order valence-electron chi connectivity index (χ3n) is 2.99. The molecular formula is C13H19N3S. The van der Waals surface area contributed by atoms with Crippen molar-refractivity contribution >= 4 is 17.2 Å². The summed E-state index contributed by atoms with van der Waals surface area (Å²) in [5.74, 6) is 0.833. The van der Waals surface area contributed by atoms with E-state index in [2.05, 4.69) is 15.2 Å². The van der Waals surface area contributed by atoms with Crippen molar-refractivity contribution in [2.75, 3.05) is 20.6 Å². The fourth-order valence-electron chi connectivity index (χ4n) is 1.83. The Bertz CT molecular complexity index is 374. The molecule has 92 valence electrons. The quantitative estimate of drug-likeness (QED) is 0.808. The maximum absolute atomic E-state index is 5.49. The molecule has 4 heteroatoms. The molecule has 1 unspecified atom stereocenters. The molecule has 3 nitrogen and oxygen atoms in total. The van der Waals surface area contributed by atoms with Gasteiger partial charge in [-0.25, -0.2) is 0 Å². The van der Waals surface area contributed by atoms with Gasteiger partial charge in [0.1, 0.15) is 6.04 Å². The lowest BCUT2D eigenvalue weighted by Gasteiger charge is -2.25. The summed E-state index contributed by atoms with van der Waals surface area (Å²) < 4.78 is 0. The van der Waals surface area contributed by atoms with E-state index in [1.54, 1.807) is 0 Å². The summed E-state index contributed by atoms with van der Waals surface area (Å²) in [5, 5.41) is 3.37. The minimum atomic E-state index is 0.0740. The van der Waals surface area contributed by atoms with Crippen LogP contribution in [0.25, 0.3) is 0 Å². The van der Waals surface area contributed by atoms with Gasteiger partial charge in [-0.05, 0) is 45.0 Å². The molecule has 0 amide bonds. The number of pyridine rings is 1. The first-order chi connectivity index (χ1) is 8.18. The van der Waals surface area contributed by atoms with Gasteiger partial charge in [0.05, 0.1) is 10.7 Å². The van der Waals surface area contributed by atoms with Crippen molar-refractivity contribution in [3.8, 4) is 0 Å². The lowest BCUT2D eigenvalue weighted by molar-refractivity contribution is 0.361. The Morgan fingerprint density at radius 1 is 1.53 bits per heavy atom. The van der Waals surface area contributed by atoms with Gasteiger partial charge in [-0.3, -0.25) is 9.88 Å². The van der Waals surface area contributed by atoms with Crippen LogP contribution in [0.2, 0.25) is 0 Å². The zero-order chi connectivity index (χ0) is 12.3. The number of aromatic nitrogens is 1. The molecule has 17 heavy (non-hydrogen) atoms. The summed E-state index contributed by atoms with van der Waals surface area (Å²) in [7, 11) is 4.06. The van der Waals surface area contributed by atoms with E-state index in [0.717, 1.165) is 23.1 Å². The van der Waals surface area contributed by atoms with Gasteiger partial charge in [-0.2, -0.15) is 0 Å². The number of hydrogen-bond donors (Lipinski definition) is 1. The lowest BCUT2D eigenvalue weighted by Crippen LogP contribution is -2.37. The van der Waals surface area contributed by atoms with Crippen LogP contribution in [0, 0.1) is 5.92 Å². The Kier molecular flexibility index (Phi) is 4.07. The van der Waals surface area contributed by atoms with E-state index in [1.807, 2.05) is 38.5 Å². The number of likely N-dealkylation sites (N-methyl/N-ethyl adjacent to an activating group) is 1. The molecule has 0 radical (unpaired) electrons. The second kappa shape index (κ2) is 5.56. The van der Waals surface area contributed by atoms with E-state index >= 15 is 0 Å². The molecule has 0 spiro atoms. The summed E-state index contributed by atoms with van der Waals surface area (Å²) >= 11 is 5.49. The van der Waals surface area contributed by atoms with Crippen LogP contribution in [0.1, 0.15) is 24.6 Å². The first-order valence-corrected chi connectivity index (χ1v) is 6.44. The van der Waals surface area contributed by atoms with E-state index in [4.69, 9.17) is 12.2 Å². The SMILES string of the molecule is CN(C)C(C(=S)NCC1CC1)c1ccccn1. The van der Waals surface area contributed by atoms with Crippen LogP contribution >= 0.6 is 12.2 Å². The molecule has 1 saturated carbocycles. The van der Waals surface area contributed by atoms with E-state index in [1.165, 1.54) is 12.8 Å². The summed E-state index contributed by atoms with van der Waals surface area (Å²) in [4.78, 5) is 7.37. The molecule has 0 saturated heterocycles. The second-order valence-electron chi connectivity index (χ2n) is 4.81. The smallest absolute Gasteiger partial charge is 0.103 e. The fourth-order valence-corrected chi connectivity index (χ4v) is 2.25. The van der Waals surface area contributed by atoms with Gasteiger partial charge in [-0.1, -0.05) is 18.3 Å². The average molecular weight is 249 g/mol. The van der Waals surface area contributed by atoms with Gasteiger partial charge in [-0.15, -0.1) is 0 Å². The molecule has 1 aromatic rings. The van der Waals surface area contributed by atoms with Crippen molar-refractivity contribution in [1.82, 2.24) is 15.2 Å². The number of hydrogen-bond acceptors (Lipinski definition) is 3. The molecule has 0 aromatic carbocycles. The van der Waals surface area contributed by atoms with E-state index in [9.17, 15) is 0 Å². The number of rotatable bonds is 5. The number of nitrogens with zero attached hydrogens (tertiary/aromatic N) is 2. The average Bonchev–Trinajstić information content (AvgIpc) is 3.11. The fraction of sp³-hybridized carbons (Fsp3) is 0.538. The van der Waals surface area contributed by atoms with Crippen LogP contribution in [0.3, 0.4) is 0 Å². The Labute approximate surface area is 108 Å². The Hall–Kier alpha value is -1.00. The van der Waals surface area contributed by atoms with Gasteiger partial charge < -0.3 is 5.32 Å². The predicted molar refractivity (Wildman–Crippen MR) is 74.0 cm³/mol. The van der Waals surface area contributed by atoms with Crippen LogP contribution in [-0.2, 0) is 0 Å². The topological polar surface area (TPSA) is 28.2 Å². The van der Waals surface area contributed by atoms with Gasteiger partial charge in [0, 0.05) is 12.7 Å². The van der Waals surface area contributed by atoms with Crippen molar-refractivity contribution in [3.05, 3.63) is 30.1 Å².